The average Bonchev–Trinajstić information content (AvgIpc) is 2.82. The molecule has 2 aliphatic heterocycles. The first-order valence-electron chi connectivity index (χ1n) is 6.68. The van der Waals surface area contributed by atoms with Crippen molar-refractivity contribution >= 4 is 23.6 Å². The first-order chi connectivity index (χ1) is 8.76. The van der Waals surface area contributed by atoms with Gasteiger partial charge in [-0.1, -0.05) is 0 Å². The number of rotatable bonds is 1. The second-order valence-corrected chi connectivity index (χ2v) is 6.83. The molecule has 2 atom stereocenters. The second kappa shape index (κ2) is 5.19. The summed E-state index contributed by atoms with van der Waals surface area (Å²) >= 11 is 6.00. The Bertz CT molecular complexity index is 381. The summed E-state index contributed by atoms with van der Waals surface area (Å²) < 4.78 is 5.34. The molecule has 108 valence electrons. The fourth-order valence-corrected chi connectivity index (χ4v) is 2.81. The number of carbonyl (C=O) groups is 2. The van der Waals surface area contributed by atoms with Crippen LogP contribution in [-0.2, 0) is 9.53 Å². The first kappa shape index (κ1) is 14.4. The molecular formula is C13H21ClN2O3. The molecule has 2 saturated heterocycles. The van der Waals surface area contributed by atoms with Crippen molar-refractivity contribution in [2.45, 2.75) is 50.6 Å². The summed E-state index contributed by atoms with van der Waals surface area (Å²) in [6.07, 6.45) is 0.906. The van der Waals surface area contributed by atoms with Gasteiger partial charge in [-0.25, -0.2) is 4.79 Å². The number of amides is 2. The van der Waals surface area contributed by atoms with E-state index in [1.807, 2.05) is 25.7 Å². The molecule has 0 aromatic heterocycles. The minimum atomic E-state index is -0.486. The number of ether oxygens (including phenoxy) is 1. The van der Waals surface area contributed by atoms with Crippen LogP contribution < -0.4 is 0 Å². The molecule has 0 aromatic rings. The van der Waals surface area contributed by atoms with Gasteiger partial charge in [0.2, 0.25) is 5.91 Å². The molecule has 0 aliphatic carbocycles. The van der Waals surface area contributed by atoms with E-state index in [9.17, 15) is 9.59 Å². The fraction of sp³-hybridized carbons (Fsp3) is 0.846. The molecule has 0 saturated carbocycles. The summed E-state index contributed by atoms with van der Waals surface area (Å²) in [6, 6.07) is 0.0868. The number of likely N-dealkylation sites (tertiary alicyclic amines) is 2. The van der Waals surface area contributed by atoms with Crippen molar-refractivity contribution < 1.29 is 14.3 Å². The molecule has 0 N–H and O–H groups in total. The van der Waals surface area contributed by atoms with Crippen molar-refractivity contribution in [3.05, 3.63) is 0 Å². The van der Waals surface area contributed by atoms with Gasteiger partial charge in [0.15, 0.2) is 0 Å². The predicted octanol–water partition coefficient (Wildman–Crippen LogP) is 1.84. The molecule has 6 heteroatoms. The molecular weight excluding hydrogens is 268 g/mol. The van der Waals surface area contributed by atoms with Crippen LogP contribution >= 0.6 is 11.6 Å². The molecule has 2 fully saturated rings. The van der Waals surface area contributed by atoms with E-state index >= 15 is 0 Å². The van der Waals surface area contributed by atoms with Crippen molar-refractivity contribution in [2.24, 2.45) is 0 Å². The summed E-state index contributed by atoms with van der Waals surface area (Å²) in [6.45, 7) is 7.31. The maximum absolute atomic E-state index is 11.9. The Hall–Kier alpha value is -0.970. The van der Waals surface area contributed by atoms with Gasteiger partial charge in [-0.15, -0.1) is 11.6 Å². The minimum Gasteiger partial charge on any atom is -0.444 e. The monoisotopic (exact) mass is 288 g/mol. The fourth-order valence-electron chi connectivity index (χ4n) is 2.53. The smallest absolute Gasteiger partial charge is 0.410 e. The van der Waals surface area contributed by atoms with Crippen LogP contribution in [0.25, 0.3) is 0 Å². The number of alkyl halides is 1. The van der Waals surface area contributed by atoms with Crippen LogP contribution in [0.5, 0.6) is 0 Å². The number of hydrogen-bond acceptors (Lipinski definition) is 3. The Balaban J connectivity index is 1.90. The largest absolute Gasteiger partial charge is 0.444 e. The Kier molecular flexibility index (Phi) is 3.95. The molecule has 0 aromatic carbocycles. The third kappa shape index (κ3) is 3.53. The minimum absolute atomic E-state index is 0.0868. The van der Waals surface area contributed by atoms with E-state index in [0.29, 0.717) is 26.1 Å². The average molecular weight is 289 g/mol. The van der Waals surface area contributed by atoms with Gasteiger partial charge in [0.25, 0.3) is 0 Å². The summed E-state index contributed by atoms with van der Waals surface area (Å²) in [5.41, 5.74) is -0.486. The Morgan fingerprint density at radius 1 is 1.37 bits per heavy atom. The SMILES string of the molecule is CC(C)(C)OC(=O)N1CC[C@@H](N2CC(Cl)CC2=O)C1. The van der Waals surface area contributed by atoms with Crippen LogP contribution in [0.2, 0.25) is 0 Å². The van der Waals surface area contributed by atoms with Crippen LogP contribution in [0.1, 0.15) is 33.6 Å². The lowest BCUT2D eigenvalue weighted by Gasteiger charge is -2.26. The Morgan fingerprint density at radius 3 is 2.58 bits per heavy atom. The van der Waals surface area contributed by atoms with Crippen molar-refractivity contribution in [1.29, 1.82) is 0 Å². The van der Waals surface area contributed by atoms with E-state index in [2.05, 4.69) is 0 Å². The van der Waals surface area contributed by atoms with E-state index in [-0.39, 0.29) is 23.4 Å². The maximum atomic E-state index is 11.9. The highest BCUT2D eigenvalue weighted by atomic mass is 35.5. The van der Waals surface area contributed by atoms with Gasteiger partial charge in [-0.05, 0) is 27.2 Å². The molecule has 0 radical (unpaired) electrons. The number of nitrogens with zero attached hydrogens (tertiary/aromatic N) is 2. The molecule has 2 heterocycles. The van der Waals surface area contributed by atoms with Gasteiger partial charge in [-0.2, -0.15) is 0 Å². The van der Waals surface area contributed by atoms with Crippen LogP contribution in [-0.4, -0.2) is 58.5 Å². The van der Waals surface area contributed by atoms with Crippen LogP contribution in [0.3, 0.4) is 0 Å². The van der Waals surface area contributed by atoms with Crippen LogP contribution in [0.4, 0.5) is 4.79 Å². The van der Waals surface area contributed by atoms with E-state index < -0.39 is 5.60 Å². The van der Waals surface area contributed by atoms with Crippen LogP contribution in [0, 0.1) is 0 Å². The lowest BCUT2D eigenvalue weighted by molar-refractivity contribution is -0.129. The highest BCUT2D eigenvalue weighted by Gasteiger charge is 2.38. The zero-order valence-electron chi connectivity index (χ0n) is 11.7. The molecule has 1 unspecified atom stereocenters. The Labute approximate surface area is 118 Å². The number of carbonyl (C=O) groups excluding carboxylic acids is 2. The molecule has 2 rings (SSSR count). The molecule has 2 amide bonds. The molecule has 2 aliphatic rings. The zero-order valence-corrected chi connectivity index (χ0v) is 12.4. The summed E-state index contributed by atoms with van der Waals surface area (Å²) in [4.78, 5) is 27.2. The lowest BCUT2D eigenvalue weighted by Crippen LogP contribution is -2.41. The van der Waals surface area contributed by atoms with Crippen molar-refractivity contribution in [2.75, 3.05) is 19.6 Å². The standard InChI is InChI=1S/C13H21ClN2O3/c1-13(2,3)19-12(18)15-5-4-10(8-15)16-7-9(14)6-11(16)17/h9-10H,4-8H2,1-3H3/t9?,10-/m1/s1. The predicted molar refractivity (Wildman–Crippen MR) is 72.2 cm³/mol. The van der Waals surface area contributed by atoms with Gasteiger partial charge < -0.3 is 14.5 Å². The summed E-state index contributed by atoms with van der Waals surface area (Å²) in [5, 5.41) is -0.0944. The number of halogens is 1. The normalized spacial score (nSPS) is 28.1. The van der Waals surface area contributed by atoms with Crippen molar-refractivity contribution in [3.8, 4) is 0 Å². The maximum Gasteiger partial charge on any atom is 0.410 e. The second-order valence-electron chi connectivity index (χ2n) is 6.22. The first-order valence-corrected chi connectivity index (χ1v) is 7.11. The van der Waals surface area contributed by atoms with E-state index in [4.69, 9.17) is 16.3 Å². The quantitative estimate of drug-likeness (QED) is 0.692. The highest BCUT2D eigenvalue weighted by Crippen LogP contribution is 2.25. The van der Waals surface area contributed by atoms with Gasteiger partial charge in [-0.3, -0.25) is 4.79 Å². The van der Waals surface area contributed by atoms with Gasteiger partial charge >= 0.3 is 6.09 Å². The van der Waals surface area contributed by atoms with E-state index in [1.165, 1.54) is 0 Å². The topological polar surface area (TPSA) is 49.9 Å². The third-order valence-electron chi connectivity index (χ3n) is 3.37. The molecule has 0 spiro atoms. The van der Waals surface area contributed by atoms with Gasteiger partial charge in [0.1, 0.15) is 5.60 Å². The number of hydrogen-bond donors (Lipinski definition) is 0. The van der Waals surface area contributed by atoms with Crippen molar-refractivity contribution in [1.82, 2.24) is 9.80 Å². The van der Waals surface area contributed by atoms with Crippen molar-refractivity contribution in [3.63, 3.8) is 0 Å². The van der Waals surface area contributed by atoms with Gasteiger partial charge in [0.05, 0.1) is 11.4 Å². The molecule has 0 bridgehead atoms. The zero-order chi connectivity index (χ0) is 14.2. The van der Waals surface area contributed by atoms with E-state index in [0.717, 1.165) is 6.42 Å². The third-order valence-corrected chi connectivity index (χ3v) is 3.66. The van der Waals surface area contributed by atoms with E-state index in [1.54, 1.807) is 4.90 Å². The summed E-state index contributed by atoms with van der Waals surface area (Å²) in [7, 11) is 0. The van der Waals surface area contributed by atoms with Gasteiger partial charge in [0, 0.05) is 26.1 Å². The Morgan fingerprint density at radius 2 is 2.05 bits per heavy atom. The molecule has 19 heavy (non-hydrogen) atoms. The molecule has 5 nitrogen and oxygen atoms in total. The summed E-state index contributed by atoms with van der Waals surface area (Å²) in [5.74, 6) is 0.0936. The van der Waals surface area contributed by atoms with Crippen LogP contribution in [0.15, 0.2) is 0 Å². The highest BCUT2D eigenvalue weighted by molar-refractivity contribution is 6.22. The lowest BCUT2D eigenvalue weighted by atomic mass is 10.2.